The van der Waals surface area contributed by atoms with Gasteiger partial charge in [-0.3, -0.25) is 14.3 Å². The lowest BCUT2D eigenvalue weighted by Gasteiger charge is -2.21. The molecule has 0 aliphatic carbocycles. The Balaban J connectivity index is 1.37. The number of thiazole rings is 1. The first-order valence-corrected chi connectivity index (χ1v) is 11.8. The van der Waals surface area contributed by atoms with Crippen LogP contribution < -0.4 is 0 Å². The molecule has 0 amide bonds. The molecule has 9 heteroatoms. The number of ketones is 2. The fourth-order valence-electron chi connectivity index (χ4n) is 4.40. The Morgan fingerprint density at radius 2 is 1.97 bits per heavy atom. The van der Waals surface area contributed by atoms with Crippen LogP contribution in [0, 0.1) is 12.8 Å². The van der Waals surface area contributed by atoms with Crippen molar-refractivity contribution in [1.29, 1.82) is 0 Å². The van der Waals surface area contributed by atoms with E-state index in [4.69, 9.17) is 4.98 Å². The van der Waals surface area contributed by atoms with Crippen molar-refractivity contribution in [2.24, 2.45) is 13.0 Å². The number of benzene rings is 1. The van der Waals surface area contributed by atoms with E-state index in [1.54, 1.807) is 17.9 Å². The molecule has 1 atom stereocenters. The lowest BCUT2D eigenvalue weighted by Crippen LogP contribution is -2.23. The van der Waals surface area contributed by atoms with Crippen molar-refractivity contribution in [3.63, 3.8) is 0 Å². The van der Waals surface area contributed by atoms with Crippen molar-refractivity contribution in [3.05, 3.63) is 57.9 Å². The molecule has 0 fully saturated rings. The zero-order valence-electron chi connectivity index (χ0n) is 18.8. The van der Waals surface area contributed by atoms with Gasteiger partial charge in [0.05, 0.1) is 27.3 Å². The number of fused-ring (bicyclic) bond motifs is 1. The molecule has 8 nitrogen and oxygen atoms in total. The van der Waals surface area contributed by atoms with Gasteiger partial charge < -0.3 is 0 Å². The van der Waals surface area contributed by atoms with Gasteiger partial charge >= 0.3 is 0 Å². The molecule has 168 valence electrons. The van der Waals surface area contributed by atoms with Crippen LogP contribution >= 0.6 is 11.3 Å². The Morgan fingerprint density at radius 3 is 2.73 bits per heavy atom. The van der Waals surface area contributed by atoms with Crippen LogP contribution in [-0.4, -0.2) is 41.1 Å². The highest BCUT2D eigenvalue weighted by molar-refractivity contribution is 7.14. The van der Waals surface area contributed by atoms with Crippen molar-refractivity contribution < 1.29 is 9.59 Å². The summed E-state index contributed by atoms with van der Waals surface area (Å²) in [4.78, 5) is 35.4. The number of carbonyl (C=O) groups excluding carboxylic acids is 2. The summed E-state index contributed by atoms with van der Waals surface area (Å²) in [6.07, 6.45) is 3.58. The Labute approximate surface area is 195 Å². The SMILES string of the molecule is CC(=O)c1sc(C)nc1-c1cnn(C)c1C(=O)CC1CCn2nc(-c3ccccc3)nc2C1. The zero-order chi connectivity index (χ0) is 23.1. The second-order valence-corrected chi connectivity index (χ2v) is 9.63. The highest BCUT2D eigenvalue weighted by Crippen LogP contribution is 2.33. The lowest BCUT2D eigenvalue weighted by atomic mass is 9.91. The fourth-order valence-corrected chi connectivity index (χ4v) is 5.23. The monoisotopic (exact) mass is 460 g/mol. The van der Waals surface area contributed by atoms with E-state index < -0.39 is 0 Å². The number of Topliss-reactive ketones (excluding diaryl/α,β-unsaturated/α-hetero) is 2. The fraction of sp³-hybridized carbons (Fsp3) is 0.333. The van der Waals surface area contributed by atoms with Gasteiger partial charge in [0.15, 0.2) is 17.4 Å². The number of hydrogen-bond donors (Lipinski definition) is 0. The molecule has 0 N–H and O–H groups in total. The third kappa shape index (κ3) is 4.04. The summed E-state index contributed by atoms with van der Waals surface area (Å²) in [6, 6.07) is 9.93. The molecule has 1 aliphatic rings. The molecule has 5 rings (SSSR count). The maximum absolute atomic E-state index is 13.4. The first kappa shape index (κ1) is 21.4. The van der Waals surface area contributed by atoms with Gasteiger partial charge in [-0.05, 0) is 19.3 Å². The molecule has 4 heterocycles. The topological polar surface area (TPSA) is 95.6 Å². The minimum absolute atomic E-state index is 0.00593. The van der Waals surface area contributed by atoms with Crippen molar-refractivity contribution in [3.8, 4) is 22.6 Å². The van der Waals surface area contributed by atoms with Gasteiger partial charge in [0, 0.05) is 38.9 Å². The van der Waals surface area contributed by atoms with Gasteiger partial charge in [0.1, 0.15) is 11.5 Å². The van der Waals surface area contributed by atoms with Crippen LogP contribution in [0.4, 0.5) is 0 Å². The average molecular weight is 461 g/mol. The van der Waals surface area contributed by atoms with E-state index in [0.717, 1.165) is 35.2 Å². The summed E-state index contributed by atoms with van der Waals surface area (Å²) in [7, 11) is 1.76. The molecule has 1 unspecified atom stereocenters. The van der Waals surface area contributed by atoms with Gasteiger partial charge in [-0.25, -0.2) is 14.6 Å². The second kappa shape index (κ2) is 8.47. The molecule has 33 heavy (non-hydrogen) atoms. The van der Waals surface area contributed by atoms with Crippen LogP contribution in [0.1, 0.15) is 50.8 Å². The molecular weight excluding hydrogens is 436 g/mol. The van der Waals surface area contributed by atoms with E-state index >= 15 is 0 Å². The van der Waals surface area contributed by atoms with Crippen molar-refractivity contribution >= 4 is 22.9 Å². The summed E-state index contributed by atoms with van der Waals surface area (Å²) >= 11 is 1.35. The zero-order valence-corrected chi connectivity index (χ0v) is 19.6. The van der Waals surface area contributed by atoms with E-state index in [9.17, 15) is 9.59 Å². The minimum atomic E-state index is -0.0568. The number of carbonyl (C=O) groups is 2. The first-order chi connectivity index (χ1) is 15.9. The quantitative estimate of drug-likeness (QED) is 0.401. The van der Waals surface area contributed by atoms with E-state index in [2.05, 4.69) is 15.2 Å². The summed E-state index contributed by atoms with van der Waals surface area (Å²) < 4.78 is 3.55. The van der Waals surface area contributed by atoms with Crippen molar-refractivity contribution in [1.82, 2.24) is 29.5 Å². The summed E-state index contributed by atoms with van der Waals surface area (Å²) in [5.74, 6) is 1.76. The Kier molecular flexibility index (Phi) is 5.49. The van der Waals surface area contributed by atoms with Crippen LogP contribution in [0.25, 0.3) is 22.6 Å². The van der Waals surface area contributed by atoms with Crippen LogP contribution in [-0.2, 0) is 20.0 Å². The molecular formula is C24H24N6O2S. The lowest BCUT2D eigenvalue weighted by molar-refractivity contribution is 0.0942. The van der Waals surface area contributed by atoms with Gasteiger partial charge in [-0.2, -0.15) is 10.2 Å². The van der Waals surface area contributed by atoms with Crippen molar-refractivity contribution in [2.75, 3.05) is 0 Å². The van der Waals surface area contributed by atoms with Gasteiger partial charge in [-0.15, -0.1) is 11.3 Å². The Hall–Kier alpha value is -3.46. The predicted molar refractivity (Wildman–Crippen MR) is 125 cm³/mol. The Bertz CT molecular complexity index is 1350. The highest BCUT2D eigenvalue weighted by Gasteiger charge is 2.29. The van der Waals surface area contributed by atoms with Crippen LogP contribution in [0.2, 0.25) is 0 Å². The van der Waals surface area contributed by atoms with E-state index in [0.29, 0.717) is 34.7 Å². The summed E-state index contributed by atoms with van der Waals surface area (Å²) in [6.45, 7) is 4.13. The van der Waals surface area contributed by atoms with Crippen LogP contribution in [0.3, 0.4) is 0 Å². The first-order valence-electron chi connectivity index (χ1n) is 10.9. The molecule has 0 saturated heterocycles. The molecule has 0 radical (unpaired) electrons. The summed E-state index contributed by atoms with van der Waals surface area (Å²) in [5, 5.41) is 9.75. The highest BCUT2D eigenvalue weighted by atomic mass is 32.1. The van der Waals surface area contributed by atoms with E-state index in [-0.39, 0.29) is 17.5 Å². The number of rotatable bonds is 6. The number of aryl methyl sites for hydroxylation is 3. The largest absolute Gasteiger partial charge is 0.294 e. The van der Waals surface area contributed by atoms with Gasteiger partial charge in [-0.1, -0.05) is 30.3 Å². The van der Waals surface area contributed by atoms with Crippen molar-refractivity contribution in [2.45, 2.75) is 39.7 Å². The number of nitrogens with zero attached hydrogens (tertiary/aromatic N) is 6. The molecule has 3 aromatic heterocycles. The summed E-state index contributed by atoms with van der Waals surface area (Å²) in [5.41, 5.74) is 2.67. The third-order valence-corrected chi connectivity index (χ3v) is 7.06. The number of aromatic nitrogens is 6. The standard InChI is InChI=1S/C24H24N6O2S/c1-14(31)23-21(26-15(2)33-23)18-13-25-29(3)22(18)19(32)11-16-9-10-30-20(12-16)27-24(28-30)17-7-5-4-6-8-17/h4-8,13,16H,9-12H2,1-3H3. The average Bonchev–Trinajstić information content (AvgIpc) is 3.50. The van der Waals surface area contributed by atoms with E-state index in [1.165, 1.54) is 18.3 Å². The van der Waals surface area contributed by atoms with Crippen LogP contribution in [0.5, 0.6) is 0 Å². The molecule has 1 aliphatic heterocycles. The number of hydrogen-bond acceptors (Lipinski definition) is 7. The molecule has 1 aromatic carbocycles. The molecule has 0 saturated carbocycles. The van der Waals surface area contributed by atoms with Gasteiger partial charge in [0.2, 0.25) is 0 Å². The molecule has 4 aromatic rings. The van der Waals surface area contributed by atoms with Crippen LogP contribution in [0.15, 0.2) is 36.5 Å². The second-order valence-electron chi connectivity index (χ2n) is 8.42. The van der Waals surface area contributed by atoms with E-state index in [1.807, 2.05) is 41.9 Å². The normalized spacial score (nSPS) is 15.4. The predicted octanol–water partition coefficient (Wildman–Crippen LogP) is 4.15. The Morgan fingerprint density at radius 1 is 1.18 bits per heavy atom. The third-order valence-electron chi connectivity index (χ3n) is 5.99. The maximum atomic E-state index is 13.4. The molecule has 0 spiro atoms. The van der Waals surface area contributed by atoms with Gasteiger partial charge in [0.25, 0.3) is 0 Å². The molecule has 0 bridgehead atoms. The minimum Gasteiger partial charge on any atom is -0.294 e. The smallest absolute Gasteiger partial charge is 0.181 e. The maximum Gasteiger partial charge on any atom is 0.181 e.